The number of halogens is 3. The Labute approximate surface area is 209 Å². The smallest absolute Gasteiger partial charge is 0.324 e. The van der Waals surface area contributed by atoms with Crippen molar-refractivity contribution in [1.82, 2.24) is 34.6 Å². The summed E-state index contributed by atoms with van der Waals surface area (Å²) in [6, 6.07) is 7.22. The van der Waals surface area contributed by atoms with Gasteiger partial charge in [-0.05, 0) is 62.9 Å². The SMILES string of the molecule is CC(C)n1c(=O)c2cnc(Nc3ccc4c(c3)CNCC4)nc2n1-c1ccnc(C2(C(F)(F)F)CC2)n1. The molecule has 1 aromatic carbocycles. The zero-order valence-electron chi connectivity index (χ0n) is 20.3. The lowest BCUT2D eigenvalue weighted by Gasteiger charge is -2.19. The third-order valence-electron chi connectivity index (χ3n) is 7.04. The molecular weight excluding hydrogens is 485 g/mol. The number of hydrogen-bond donors (Lipinski definition) is 2. The van der Waals surface area contributed by atoms with Crippen molar-refractivity contribution in [3.8, 4) is 5.82 Å². The molecule has 37 heavy (non-hydrogen) atoms. The number of rotatable bonds is 5. The molecule has 0 atom stereocenters. The summed E-state index contributed by atoms with van der Waals surface area (Å²) in [7, 11) is 0. The van der Waals surface area contributed by atoms with Crippen molar-refractivity contribution < 1.29 is 13.2 Å². The molecule has 1 fully saturated rings. The molecule has 0 bridgehead atoms. The molecule has 2 N–H and O–H groups in total. The minimum absolute atomic E-state index is 0.0596. The molecule has 0 spiro atoms. The fourth-order valence-electron chi connectivity index (χ4n) is 4.89. The number of aromatic nitrogens is 6. The van der Waals surface area contributed by atoms with Crippen LogP contribution in [0.2, 0.25) is 0 Å². The molecule has 6 rings (SSSR count). The van der Waals surface area contributed by atoms with Gasteiger partial charge in [0.15, 0.2) is 11.5 Å². The molecule has 0 radical (unpaired) electrons. The summed E-state index contributed by atoms with van der Waals surface area (Å²) in [5, 5.41) is 6.78. The third-order valence-corrected chi connectivity index (χ3v) is 7.04. The van der Waals surface area contributed by atoms with E-state index < -0.39 is 11.6 Å². The Balaban J connectivity index is 1.46. The van der Waals surface area contributed by atoms with Gasteiger partial charge in [-0.15, -0.1) is 0 Å². The van der Waals surface area contributed by atoms with Crippen molar-refractivity contribution in [2.24, 2.45) is 0 Å². The van der Waals surface area contributed by atoms with Gasteiger partial charge < -0.3 is 10.6 Å². The molecule has 0 unspecified atom stereocenters. The van der Waals surface area contributed by atoms with E-state index in [1.807, 2.05) is 26.0 Å². The van der Waals surface area contributed by atoms with E-state index in [2.05, 4.69) is 36.6 Å². The van der Waals surface area contributed by atoms with Crippen LogP contribution >= 0.6 is 0 Å². The molecular formula is C25H25F3N8O. The van der Waals surface area contributed by atoms with E-state index in [4.69, 9.17) is 0 Å². The lowest BCUT2D eigenvalue weighted by Crippen LogP contribution is -2.31. The van der Waals surface area contributed by atoms with Crippen LogP contribution < -0.4 is 16.2 Å². The summed E-state index contributed by atoms with van der Waals surface area (Å²) in [5.41, 5.74) is 1.12. The van der Waals surface area contributed by atoms with Gasteiger partial charge in [-0.2, -0.15) is 18.2 Å². The first-order valence-electron chi connectivity index (χ1n) is 12.2. The van der Waals surface area contributed by atoms with Gasteiger partial charge in [0, 0.05) is 36.7 Å². The third kappa shape index (κ3) is 3.86. The van der Waals surface area contributed by atoms with Crippen LogP contribution in [0.4, 0.5) is 24.8 Å². The predicted molar refractivity (Wildman–Crippen MR) is 131 cm³/mol. The first-order valence-corrected chi connectivity index (χ1v) is 12.2. The Morgan fingerprint density at radius 3 is 2.65 bits per heavy atom. The Morgan fingerprint density at radius 2 is 1.92 bits per heavy atom. The van der Waals surface area contributed by atoms with E-state index in [1.54, 1.807) is 0 Å². The lowest BCUT2D eigenvalue weighted by atomic mass is 10.0. The van der Waals surface area contributed by atoms with Crippen LogP contribution in [0.25, 0.3) is 16.9 Å². The first kappa shape index (κ1) is 23.6. The summed E-state index contributed by atoms with van der Waals surface area (Å²) in [6.07, 6.45) is -0.879. The van der Waals surface area contributed by atoms with Crippen LogP contribution in [0, 0.1) is 0 Å². The summed E-state index contributed by atoms with van der Waals surface area (Å²) in [4.78, 5) is 30.4. The predicted octanol–water partition coefficient (Wildman–Crippen LogP) is 3.94. The van der Waals surface area contributed by atoms with E-state index in [-0.39, 0.29) is 53.1 Å². The molecule has 9 nitrogen and oxygen atoms in total. The number of benzene rings is 1. The summed E-state index contributed by atoms with van der Waals surface area (Å²) >= 11 is 0. The minimum Gasteiger partial charge on any atom is -0.324 e. The molecule has 1 aliphatic carbocycles. The van der Waals surface area contributed by atoms with Crippen molar-refractivity contribution in [3.05, 3.63) is 64.0 Å². The van der Waals surface area contributed by atoms with Crippen LogP contribution in [-0.2, 0) is 18.4 Å². The van der Waals surface area contributed by atoms with Gasteiger partial charge in [0.1, 0.15) is 16.6 Å². The number of anilines is 2. The van der Waals surface area contributed by atoms with Crippen molar-refractivity contribution in [1.29, 1.82) is 0 Å². The monoisotopic (exact) mass is 510 g/mol. The normalized spacial score (nSPS) is 16.7. The Morgan fingerprint density at radius 1 is 1.11 bits per heavy atom. The second kappa shape index (κ2) is 8.37. The highest BCUT2D eigenvalue weighted by Gasteiger charge is 2.66. The van der Waals surface area contributed by atoms with Gasteiger partial charge in [0.05, 0.1) is 0 Å². The number of fused-ring (bicyclic) bond motifs is 2. The van der Waals surface area contributed by atoms with Crippen LogP contribution in [0.1, 0.15) is 49.7 Å². The Hall–Kier alpha value is -3.80. The average Bonchev–Trinajstić information content (AvgIpc) is 3.64. The molecule has 0 amide bonds. The maximum absolute atomic E-state index is 13.8. The van der Waals surface area contributed by atoms with Gasteiger partial charge in [0.2, 0.25) is 5.95 Å². The molecule has 2 aliphatic rings. The largest absolute Gasteiger partial charge is 0.401 e. The second-order valence-electron chi connectivity index (χ2n) is 9.84. The van der Waals surface area contributed by atoms with Gasteiger partial charge in [-0.3, -0.25) is 4.79 Å². The zero-order valence-corrected chi connectivity index (χ0v) is 20.3. The van der Waals surface area contributed by atoms with Crippen molar-refractivity contribution >= 4 is 22.7 Å². The molecule has 3 aromatic heterocycles. The van der Waals surface area contributed by atoms with Crippen molar-refractivity contribution in [3.63, 3.8) is 0 Å². The topological polar surface area (TPSA) is 103 Å². The molecule has 4 heterocycles. The van der Waals surface area contributed by atoms with Crippen LogP contribution in [0.5, 0.6) is 0 Å². The Bertz CT molecular complexity index is 1570. The number of alkyl halides is 3. The lowest BCUT2D eigenvalue weighted by molar-refractivity contribution is -0.162. The highest BCUT2D eigenvalue weighted by atomic mass is 19.4. The zero-order chi connectivity index (χ0) is 25.9. The van der Waals surface area contributed by atoms with Crippen molar-refractivity contribution in [2.45, 2.75) is 57.3 Å². The standard InChI is InChI=1S/C25H25F3N8O/c1-14(2)35-21(37)18-13-31-23(32-17-4-3-15-5-9-29-12-16(15)11-17)34-20(18)36(35)19-6-10-30-22(33-19)24(7-8-24)25(26,27)28/h3-4,6,10-11,13-14,29H,5,7-9,12H2,1-2H3,(H,31,32,34). The number of nitrogens with one attached hydrogen (secondary N) is 2. The summed E-state index contributed by atoms with van der Waals surface area (Å²) in [6.45, 7) is 5.34. The van der Waals surface area contributed by atoms with Crippen LogP contribution in [0.3, 0.4) is 0 Å². The highest BCUT2D eigenvalue weighted by molar-refractivity contribution is 5.77. The molecule has 1 aliphatic heterocycles. The number of nitrogens with zero attached hydrogens (tertiary/aromatic N) is 6. The van der Waals surface area contributed by atoms with Crippen LogP contribution in [0.15, 0.2) is 41.5 Å². The van der Waals surface area contributed by atoms with Gasteiger partial charge in [0.25, 0.3) is 5.56 Å². The van der Waals surface area contributed by atoms with E-state index in [0.717, 1.165) is 25.2 Å². The quantitative estimate of drug-likeness (QED) is 0.419. The summed E-state index contributed by atoms with van der Waals surface area (Å²) in [5.74, 6) is 0.108. The van der Waals surface area contributed by atoms with E-state index in [9.17, 15) is 18.0 Å². The summed E-state index contributed by atoms with van der Waals surface area (Å²) < 4.78 is 44.2. The molecule has 0 saturated heterocycles. The van der Waals surface area contributed by atoms with Gasteiger partial charge >= 0.3 is 6.18 Å². The fraction of sp³-hybridized carbons (Fsp3) is 0.400. The van der Waals surface area contributed by atoms with Crippen molar-refractivity contribution in [2.75, 3.05) is 11.9 Å². The first-order chi connectivity index (χ1) is 17.7. The van der Waals surface area contributed by atoms with E-state index in [0.29, 0.717) is 0 Å². The minimum atomic E-state index is -4.45. The van der Waals surface area contributed by atoms with Gasteiger partial charge in [-0.1, -0.05) is 6.07 Å². The molecule has 192 valence electrons. The average molecular weight is 511 g/mol. The van der Waals surface area contributed by atoms with E-state index >= 15 is 0 Å². The maximum atomic E-state index is 13.8. The van der Waals surface area contributed by atoms with E-state index in [1.165, 1.54) is 39.0 Å². The Kier molecular flexibility index (Phi) is 5.34. The molecule has 1 saturated carbocycles. The fourth-order valence-corrected chi connectivity index (χ4v) is 4.89. The maximum Gasteiger partial charge on any atom is 0.401 e. The number of hydrogen-bond acceptors (Lipinski definition) is 7. The molecule has 4 aromatic rings. The molecule has 12 heteroatoms. The van der Waals surface area contributed by atoms with Crippen LogP contribution in [-0.4, -0.2) is 42.0 Å². The highest BCUT2D eigenvalue weighted by Crippen LogP contribution is 2.57. The second-order valence-corrected chi connectivity index (χ2v) is 9.84. The van der Waals surface area contributed by atoms with Gasteiger partial charge in [-0.25, -0.2) is 24.3 Å².